The Bertz CT molecular complexity index is 1030. The van der Waals surface area contributed by atoms with Crippen LogP contribution in [-0.2, 0) is 14.8 Å². The highest BCUT2D eigenvalue weighted by Crippen LogP contribution is 2.23. The van der Waals surface area contributed by atoms with E-state index in [-0.39, 0.29) is 30.0 Å². The van der Waals surface area contributed by atoms with E-state index in [0.717, 1.165) is 13.0 Å². The summed E-state index contributed by atoms with van der Waals surface area (Å²) >= 11 is 3.36. The summed E-state index contributed by atoms with van der Waals surface area (Å²) in [4.78, 5) is 22.1. The molecule has 0 unspecified atom stereocenters. The highest BCUT2D eigenvalue weighted by molar-refractivity contribution is 9.10. The smallest absolute Gasteiger partial charge is 0.240 e. The first kappa shape index (κ1) is 24.4. The van der Waals surface area contributed by atoms with Gasteiger partial charge >= 0.3 is 0 Å². The van der Waals surface area contributed by atoms with Crippen molar-refractivity contribution in [2.24, 2.45) is 0 Å². The van der Waals surface area contributed by atoms with Gasteiger partial charge in [-0.1, -0.05) is 0 Å². The number of nitrogens with one attached hydrogen (secondary N) is 3. The molecule has 0 saturated carbocycles. The molecule has 0 radical (unpaired) electrons. The van der Waals surface area contributed by atoms with Crippen LogP contribution in [0.1, 0.15) is 26.2 Å². The highest BCUT2D eigenvalue weighted by Gasteiger charge is 2.20. The summed E-state index contributed by atoms with van der Waals surface area (Å²) in [5, 5.41) is 15.3. The lowest BCUT2D eigenvalue weighted by Gasteiger charge is -2.15. The molecule has 1 amide bonds. The second-order valence-electron chi connectivity index (χ2n) is 7.50. The van der Waals surface area contributed by atoms with Gasteiger partial charge in [0.25, 0.3) is 0 Å². The van der Waals surface area contributed by atoms with E-state index in [0.29, 0.717) is 41.3 Å². The average molecular weight is 527 g/mol. The van der Waals surface area contributed by atoms with Gasteiger partial charge < -0.3 is 20.6 Å². The third-order valence-corrected chi connectivity index (χ3v) is 6.95. The van der Waals surface area contributed by atoms with E-state index in [1.807, 2.05) is 6.92 Å². The van der Waals surface area contributed by atoms with Crippen molar-refractivity contribution in [3.05, 3.63) is 34.9 Å². The molecule has 1 fully saturated rings. The normalized spacial score (nSPS) is 15.1. The van der Waals surface area contributed by atoms with Crippen molar-refractivity contribution in [1.82, 2.24) is 19.6 Å². The maximum absolute atomic E-state index is 12.5. The molecule has 2 heterocycles. The quantitative estimate of drug-likeness (QED) is 0.326. The molecule has 1 aromatic heterocycles. The number of aromatic nitrogens is 2. The average Bonchev–Trinajstić information content (AvgIpc) is 3.18. The molecule has 1 aliphatic rings. The number of aliphatic hydroxyl groups excluding tert-OH is 1. The number of likely N-dealkylation sites (tertiary alicyclic amines) is 1. The van der Waals surface area contributed by atoms with E-state index in [9.17, 15) is 18.3 Å². The lowest BCUT2D eigenvalue weighted by atomic mass is 10.3. The number of aliphatic hydroxyl groups is 1. The molecule has 12 heteroatoms. The number of nitrogens with zero attached hydrogens (tertiary/aromatic N) is 3. The van der Waals surface area contributed by atoms with E-state index >= 15 is 0 Å². The van der Waals surface area contributed by atoms with Gasteiger partial charge in [-0.3, -0.25) is 4.79 Å². The number of halogens is 1. The number of anilines is 3. The molecule has 0 aliphatic carbocycles. The topological polar surface area (TPSA) is 137 Å². The van der Waals surface area contributed by atoms with Crippen LogP contribution in [0.15, 0.2) is 39.8 Å². The van der Waals surface area contributed by atoms with Gasteiger partial charge in [0.2, 0.25) is 21.9 Å². The Balaban J connectivity index is 1.56. The standard InChI is InChI=1S/C20H27BrN6O4S/c1-14(13-28)24-19-17(21)12-22-20(26-19)25-15-5-7-16(8-6-15)32(30,31)23-9-3-11-27-10-2-4-18(27)29/h5-8,12,14,23,28H,2-4,9-11,13H2,1H3,(H2,22,24,25,26)/t14-/m1/s1. The van der Waals surface area contributed by atoms with Crippen molar-refractivity contribution < 1.29 is 18.3 Å². The Hall–Kier alpha value is -2.28. The third kappa shape index (κ3) is 6.61. The second-order valence-corrected chi connectivity index (χ2v) is 10.1. The molecule has 10 nitrogen and oxygen atoms in total. The van der Waals surface area contributed by atoms with E-state index in [4.69, 9.17) is 0 Å². The largest absolute Gasteiger partial charge is 0.394 e. The lowest BCUT2D eigenvalue weighted by Crippen LogP contribution is -2.30. The zero-order valence-corrected chi connectivity index (χ0v) is 20.1. The first-order valence-corrected chi connectivity index (χ1v) is 12.6. The highest BCUT2D eigenvalue weighted by atomic mass is 79.9. The number of hydrogen-bond donors (Lipinski definition) is 4. The van der Waals surface area contributed by atoms with Crippen molar-refractivity contribution >= 4 is 49.3 Å². The fraction of sp³-hybridized carbons (Fsp3) is 0.450. The monoisotopic (exact) mass is 526 g/mol. The van der Waals surface area contributed by atoms with E-state index in [1.165, 1.54) is 12.1 Å². The van der Waals surface area contributed by atoms with E-state index in [1.54, 1.807) is 23.2 Å². The summed E-state index contributed by atoms with van der Waals surface area (Å²) in [5.41, 5.74) is 0.625. The van der Waals surface area contributed by atoms with Crippen molar-refractivity contribution in [3.63, 3.8) is 0 Å². The molecule has 174 valence electrons. The predicted molar refractivity (Wildman–Crippen MR) is 125 cm³/mol. The fourth-order valence-electron chi connectivity index (χ4n) is 3.15. The molecule has 1 aromatic carbocycles. The van der Waals surface area contributed by atoms with Gasteiger partial charge in [-0.05, 0) is 60.0 Å². The Kier molecular flexibility index (Phi) is 8.40. The van der Waals surface area contributed by atoms with Crippen LogP contribution in [0.4, 0.5) is 17.5 Å². The Labute approximate surface area is 196 Å². The molecule has 4 N–H and O–H groups in total. The molecule has 32 heavy (non-hydrogen) atoms. The van der Waals surface area contributed by atoms with Crippen LogP contribution in [-0.4, -0.2) is 66.6 Å². The number of amides is 1. The number of rotatable bonds is 11. The van der Waals surface area contributed by atoms with E-state index < -0.39 is 10.0 Å². The van der Waals surface area contributed by atoms with Crippen LogP contribution >= 0.6 is 15.9 Å². The minimum atomic E-state index is -3.64. The molecule has 0 bridgehead atoms. The minimum Gasteiger partial charge on any atom is -0.394 e. The number of hydrogen-bond acceptors (Lipinski definition) is 8. The fourth-order valence-corrected chi connectivity index (χ4v) is 4.53. The summed E-state index contributed by atoms with van der Waals surface area (Å²) in [6.07, 6.45) is 3.60. The number of sulfonamides is 1. The van der Waals surface area contributed by atoms with Gasteiger partial charge in [0.05, 0.1) is 16.0 Å². The summed E-state index contributed by atoms with van der Waals surface area (Å²) in [6, 6.07) is 6.08. The maximum atomic E-state index is 12.5. The first-order chi connectivity index (χ1) is 15.3. The summed E-state index contributed by atoms with van der Waals surface area (Å²) in [5.74, 6) is 0.991. The molecular weight excluding hydrogens is 500 g/mol. The van der Waals surface area contributed by atoms with Crippen LogP contribution in [0, 0.1) is 0 Å². The van der Waals surface area contributed by atoms with Crippen LogP contribution in [0.2, 0.25) is 0 Å². The van der Waals surface area contributed by atoms with Crippen LogP contribution < -0.4 is 15.4 Å². The number of benzene rings is 1. The number of carbonyl (C=O) groups is 1. The minimum absolute atomic E-state index is 0.0421. The van der Waals surface area contributed by atoms with Crippen LogP contribution in [0.3, 0.4) is 0 Å². The van der Waals surface area contributed by atoms with Gasteiger partial charge in [-0.15, -0.1) is 0 Å². The van der Waals surface area contributed by atoms with Gasteiger partial charge in [0.1, 0.15) is 5.82 Å². The van der Waals surface area contributed by atoms with Crippen molar-refractivity contribution in [1.29, 1.82) is 0 Å². The summed E-state index contributed by atoms with van der Waals surface area (Å²) in [7, 11) is -3.64. The Morgan fingerprint density at radius 3 is 2.69 bits per heavy atom. The Morgan fingerprint density at radius 1 is 1.28 bits per heavy atom. The van der Waals surface area contributed by atoms with Gasteiger partial charge in [-0.2, -0.15) is 4.98 Å². The second kappa shape index (κ2) is 11.0. The third-order valence-electron chi connectivity index (χ3n) is 4.89. The van der Waals surface area contributed by atoms with Crippen molar-refractivity contribution in [3.8, 4) is 0 Å². The Morgan fingerprint density at radius 2 is 2.03 bits per heavy atom. The van der Waals surface area contributed by atoms with E-state index in [2.05, 4.69) is 41.3 Å². The van der Waals surface area contributed by atoms with Crippen molar-refractivity contribution in [2.45, 2.75) is 37.1 Å². The van der Waals surface area contributed by atoms with Crippen LogP contribution in [0.5, 0.6) is 0 Å². The van der Waals surface area contributed by atoms with Crippen molar-refractivity contribution in [2.75, 3.05) is 36.9 Å². The summed E-state index contributed by atoms with van der Waals surface area (Å²) < 4.78 is 28.2. The van der Waals surface area contributed by atoms with Gasteiger partial charge in [0, 0.05) is 44.0 Å². The molecular formula is C20H27BrN6O4S. The van der Waals surface area contributed by atoms with Gasteiger partial charge in [-0.25, -0.2) is 18.1 Å². The predicted octanol–water partition coefficient (Wildman–Crippen LogP) is 2.07. The molecule has 1 atom stereocenters. The molecule has 3 rings (SSSR count). The lowest BCUT2D eigenvalue weighted by molar-refractivity contribution is -0.127. The molecule has 1 saturated heterocycles. The maximum Gasteiger partial charge on any atom is 0.240 e. The molecule has 0 spiro atoms. The summed E-state index contributed by atoms with van der Waals surface area (Å²) in [6.45, 7) is 3.35. The molecule has 2 aromatic rings. The SMILES string of the molecule is C[C@H](CO)Nc1nc(Nc2ccc(S(=O)(=O)NCCCN3CCCC3=O)cc2)ncc1Br. The first-order valence-electron chi connectivity index (χ1n) is 10.3. The van der Waals surface area contributed by atoms with Crippen LogP contribution in [0.25, 0.3) is 0 Å². The molecule has 1 aliphatic heterocycles. The zero-order valence-electron chi connectivity index (χ0n) is 17.7. The number of carbonyl (C=O) groups excluding carboxylic acids is 1. The zero-order chi connectivity index (χ0) is 23.1. The van der Waals surface area contributed by atoms with Gasteiger partial charge in [0.15, 0.2) is 0 Å².